The number of aryl methyl sites for hydroxylation is 1. The first-order chi connectivity index (χ1) is 9.83. The molecule has 0 aromatic heterocycles. The molecule has 0 spiro atoms. The van der Waals surface area contributed by atoms with Gasteiger partial charge in [-0.05, 0) is 25.5 Å². The van der Waals surface area contributed by atoms with E-state index in [-0.39, 0.29) is 17.7 Å². The highest BCUT2D eigenvalue weighted by molar-refractivity contribution is 6.00. The number of nitro groups is 1. The zero-order chi connectivity index (χ0) is 16.2. The maximum absolute atomic E-state index is 11.5. The first-order valence-corrected chi connectivity index (χ1v) is 5.82. The monoisotopic (exact) mass is 292 g/mol. The minimum absolute atomic E-state index is 0.00600. The van der Waals surface area contributed by atoms with Gasteiger partial charge in [0.05, 0.1) is 11.5 Å². The number of rotatable bonds is 4. The molecule has 0 saturated carbocycles. The molecule has 1 aromatic rings. The molecule has 0 aliphatic carbocycles. The van der Waals surface area contributed by atoms with Gasteiger partial charge in [-0.15, -0.1) is 0 Å². The average molecular weight is 292 g/mol. The minimum Gasteiger partial charge on any atom is -0.506 e. The van der Waals surface area contributed by atoms with Gasteiger partial charge in [0.2, 0.25) is 0 Å². The van der Waals surface area contributed by atoms with Crippen molar-refractivity contribution in [3.63, 3.8) is 0 Å². The summed E-state index contributed by atoms with van der Waals surface area (Å²) >= 11 is 0. The largest absolute Gasteiger partial charge is 0.506 e. The lowest BCUT2D eigenvalue weighted by molar-refractivity contribution is -0.385. The number of nitro benzene ring substituents is 1. The van der Waals surface area contributed by atoms with Gasteiger partial charge < -0.3 is 14.9 Å². The molecule has 21 heavy (non-hydrogen) atoms. The Bertz CT molecular complexity index is 672. The van der Waals surface area contributed by atoms with Crippen LogP contribution in [-0.2, 0) is 9.53 Å². The van der Waals surface area contributed by atoms with E-state index in [1.807, 2.05) is 0 Å². The third-order valence-electron chi connectivity index (χ3n) is 2.58. The van der Waals surface area contributed by atoms with Gasteiger partial charge in [-0.2, -0.15) is 5.26 Å². The van der Waals surface area contributed by atoms with E-state index in [1.165, 1.54) is 26.0 Å². The fraction of sp³-hybridized carbons (Fsp3) is 0.231. The predicted octanol–water partition coefficient (Wildman–Crippen LogP) is 1.96. The Morgan fingerprint density at radius 2 is 2.14 bits per heavy atom. The fourth-order valence-corrected chi connectivity index (χ4v) is 1.58. The number of aliphatic hydroxyl groups is 1. The van der Waals surface area contributed by atoms with Gasteiger partial charge in [0.25, 0.3) is 0 Å². The number of aliphatic hydroxyl groups excluding tert-OH is 1. The van der Waals surface area contributed by atoms with Gasteiger partial charge in [0.1, 0.15) is 11.8 Å². The second-order valence-corrected chi connectivity index (χ2v) is 3.97. The van der Waals surface area contributed by atoms with E-state index in [4.69, 9.17) is 5.26 Å². The lowest BCUT2D eigenvalue weighted by Gasteiger charge is -2.07. The van der Waals surface area contributed by atoms with Crippen LogP contribution in [0.1, 0.15) is 18.1 Å². The van der Waals surface area contributed by atoms with Crippen molar-refractivity contribution in [2.75, 3.05) is 6.61 Å². The highest BCUT2D eigenvalue weighted by Gasteiger charge is 2.22. The van der Waals surface area contributed by atoms with Crippen molar-refractivity contribution in [2.24, 2.45) is 0 Å². The van der Waals surface area contributed by atoms with Crippen LogP contribution in [0.4, 0.5) is 5.69 Å². The number of ether oxygens (including phenoxy) is 1. The van der Waals surface area contributed by atoms with Gasteiger partial charge in [-0.25, -0.2) is 4.79 Å². The molecule has 8 heteroatoms. The van der Waals surface area contributed by atoms with Crippen molar-refractivity contribution < 1.29 is 24.7 Å². The molecule has 110 valence electrons. The maximum Gasteiger partial charge on any atom is 0.352 e. The number of esters is 1. The molecule has 2 N–H and O–H groups in total. The van der Waals surface area contributed by atoms with Crippen molar-refractivity contribution in [2.45, 2.75) is 13.8 Å². The quantitative estimate of drug-likeness (QED) is 0.216. The zero-order valence-corrected chi connectivity index (χ0v) is 11.3. The van der Waals surface area contributed by atoms with Crippen molar-refractivity contribution in [3.05, 3.63) is 38.9 Å². The summed E-state index contributed by atoms with van der Waals surface area (Å²) in [6.07, 6.45) is 0. The van der Waals surface area contributed by atoms with Crippen LogP contribution >= 0.6 is 0 Å². The molecule has 0 fully saturated rings. The molecule has 0 radical (unpaired) electrons. The molecular weight excluding hydrogens is 280 g/mol. The number of hydrogen-bond acceptors (Lipinski definition) is 7. The first kappa shape index (κ1) is 16.0. The topological polar surface area (TPSA) is 134 Å². The summed E-state index contributed by atoms with van der Waals surface area (Å²) in [6, 6.07) is 3.58. The summed E-state index contributed by atoms with van der Waals surface area (Å²) < 4.78 is 4.61. The second-order valence-electron chi connectivity index (χ2n) is 3.97. The van der Waals surface area contributed by atoms with Gasteiger partial charge in [-0.1, -0.05) is 0 Å². The number of hydrogen-bond donors (Lipinski definition) is 2. The van der Waals surface area contributed by atoms with Crippen LogP contribution in [0, 0.1) is 28.4 Å². The van der Waals surface area contributed by atoms with E-state index in [2.05, 4.69) is 4.74 Å². The molecule has 0 atom stereocenters. The molecule has 0 heterocycles. The summed E-state index contributed by atoms with van der Waals surface area (Å²) in [7, 11) is 0. The smallest absolute Gasteiger partial charge is 0.352 e. The van der Waals surface area contributed by atoms with Crippen molar-refractivity contribution >= 4 is 17.4 Å². The Labute approximate surface area is 119 Å². The van der Waals surface area contributed by atoms with Crippen LogP contribution in [0.15, 0.2) is 17.7 Å². The van der Waals surface area contributed by atoms with Crippen LogP contribution in [0.25, 0.3) is 5.76 Å². The number of carbonyl (C=O) groups excluding carboxylic acids is 1. The number of nitriles is 1. The summed E-state index contributed by atoms with van der Waals surface area (Å²) in [5.74, 6) is -2.33. The molecule has 0 amide bonds. The van der Waals surface area contributed by atoms with E-state index < -0.39 is 33.7 Å². The van der Waals surface area contributed by atoms with E-state index in [1.54, 1.807) is 0 Å². The Morgan fingerprint density at radius 1 is 1.52 bits per heavy atom. The molecule has 1 aromatic carbocycles. The van der Waals surface area contributed by atoms with E-state index in [0.717, 1.165) is 6.07 Å². The van der Waals surface area contributed by atoms with Gasteiger partial charge in [0, 0.05) is 11.6 Å². The van der Waals surface area contributed by atoms with Crippen LogP contribution in [0.2, 0.25) is 0 Å². The summed E-state index contributed by atoms with van der Waals surface area (Å²) in [5, 5.41) is 39.2. The number of aromatic hydroxyl groups is 1. The van der Waals surface area contributed by atoms with E-state index in [9.17, 15) is 25.1 Å². The maximum atomic E-state index is 11.5. The molecule has 0 bridgehead atoms. The third kappa shape index (κ3) is 3.27. The predicted molar refractivity (Wildman–Crippen MR) is 71.3 cm³/mol. The molecule has 8 nitrogen and oxygen atoms in total. The third-order valence-corrected chi connectivity index (χ3v) is 2.58. The average Bonchev–Trinajstić information content (AvgIpc) is 2.42. The summed E-state index contributed by atoms with van der Waals surface area (Å²) in [5.41, 5.74) is -1.33. The lowest BCUT2D eigenvalue weighted by atomic mass is 10.0. The Kier molecular flexibility index (Phi) is 4.86. The highest BCUT2D eigenvalue weighted by atomic mass is 16.6. The SMILES string of the molecule is CCOC(=O)/C(C#N)=C(\O)c1cc(C)c(O)c([N+](=O)[O-])c1. The minimum atomic E-state index is -1.04. The first-order valence-electron chi connectivity index (χ1n) is 5.82. The van der Waals surface area contributed by atoms with Gasteiger partial charge >= 0.3 is 11.7 Å². The number of phenols is 1. The van der Waals surface area contributed by atoms with Crippen LogP contribution < -0.4 is 0 Å². The lowest BCUT2D eigenvalue weighted by Crippen LogP contribution is -2.09. The Hall–Kier alpha value is -3.08. The second kappa shape index (κ2) is 6.38. The van der Waals surface area contributed by atoms with Crippen molar-refractivity contribution in [1.29, 1.82) is 5.26 Å². The van der Waals surface area contributed by atoms with Crippen LogP contribution in [-0.4, -0.2) is 27.7 Å². The highest BCUT2D eigenvalue weighted by Crippen LogP contribution is 2.33. The van der Waals surface area contributed by atoms with Crippen LogP contribution in [0.5, 0.6) is 5.75 Å². The Morgan fingerprint density at radius 3 is 2.62 bits per heavy atom. The number of nitrogens with zero attached hydrogens (tertiary/aromatic N) is 2. The molecule has 0 aliphatic heterocycles. The van der Waals surface area contributed by atoms with Gasteiger partial charge in [0.15, 0.2) is 11.3 Å². The van der Waals surface area contributed by atoms with Gasteiger partial charge in [-0.3, -0.25) is 10.1 Å². The molecule has 1 rings (SSSR count). The zero-order valence-electron chi connectivity index (χ0n) is 11.3. The number of phenolic OH excluding ortho intramolecular Hbond substituents is 1. The van der Waals surface area contributed by atoms with Crippen molar-refractivity contribution in [3.8, 4) is 11.8 Å². The summed E-state index contributed by atoms with van der Waals surface area (Å²) in [6.45, 7) is 2.92. The Balaban J connectivity index is 3.49. The fourth-order valence-electron chi connectivity index (χ4n) is 1.58. The normalized spacial score (nSPS) is 11.3. The van der Waals surface area contributed by atoms with Crippen molar-refractivity contribution in [1.82, 2.24) is 0 Å². The van der Waals surface area contributed by atoms with E-state index in [0.29, 0.717) is 0 Å². The van der Waals surface area contributed by atoms with Crippen LogP contribution in [0.3, 0.4) is 0 Å². The standard InChI is InChI=1S/C13H12N2O6/c1-3-21-13(18)9(6-14)12(17)8-4-7(2)11(16)10(5-8)15(19)20/h4-5,16-17H,3H2,1-2H3/b12-9-. The molecule has 0 aliphatic rings. The van der Waals surface area contributed by atoms with E-state index >= 15 is 0 Å². The molecular formula is C13H12N2O6. The molecule has 0 saturated heterocycles. The number of benzene rings is 1. The summed E-state index contributed by atoms with van der Waals surface area (Å²) in [4.78, 5) is 21.5. The number of carbonyl (C=O) groups is 1. The molecule has 0 unspecified atom stereocenters.